The second-order valence-corrected chi connectivity index (χ2v) is 10.9. The molecule has 0 aliphatic heterocycles. The highest BCUT2D eigenvalue weighted by Crippen LogP contribution is 2.17. The molecular weight excluding hydrogens is 214 g/mol. The molecule has 0 spiro atoms. The van der Waals surface area contributed by atoms with Crippen LogP contribution in [0.1, 0.15) is 6.92 Å². The van der Waals surface area contributed by atoms with E-state index >= 15 is 0 Å². The first kappa shape index (κ1) is 13.0. The number of anilines is 1. The van der Waals surface area contributed by atoms with Crippen molar-refractivity contribution in [2.45, 2.75) is 32.6 Å². The van der Waals surface area contributed by atoms with E-state index in [1.807, 2.05) is 35.2 Å². The summed E-state index contributed by atoms with van der Waals surface area (Å²) in [5.74, 6) is 0.129. The molecule has 3 heteroatoms. The number of para-hydroxylation sites is 1. The predicted molar refractivity (Wildman–Crippen MR) is 72.6 cm³/mol. The molecule has 0 aromatic heterocycles. The van der Waals surface area contributed by atoms with Crippen molar-refractivity contribution < 1.29 is 4.79 Å². The summed E-state index contributed by atoms with van der Waals surface area (Å²) in [5.41, 5.74) is 1.01. The van der Waals surface area contributed by atoms with Crippen LogP contribution in [-0.2, 0) is 4.79 Å². The summed E-state index contributed by atoms with van der Waals surface area (Å²) in [5, 5.41) is 0. The van der Waals surface area contributed by atoms with Crippen LogP contribution >= 0.6 is 0 Å². The highest BCUT2D eigenvalue weighted by molar-refractivity contribution is 6.76. The molecule has 0 saturated carbocycles. The summed E-state index contributed by atoms with van der Waals surface area (Å²) in [6.07, 6.45) is 0. The Morgan fingerprint density at radius 1 is 1.19 bits per heavy atom. The molecule has 16 heavy (non-hydrogen) atoms. The van der Waals surface area contributed by atoms with Crippen LogP contribution in [0.2, 0.25) is 25.7 Å². The molecule has 1 aromatic rings. The molecule has 0 heterocycles. The van der Waals surface area contributed by atoms with Crippen molar-refractivity contribution in [1.82, 2.24) is 0 Å². The largest absolute Gasteiger partial charge is 0.313 e. The van der Waals surface area contributed by atoms with Gasteiger partial charge < -0.3 is 4.90 Å². The number of amides is 1. The summed E-state index contributed by atoms with van der Waals surface area (Å²) in [7, 11) is -1.09. The van der Waals surface area contributed by atoms with Gasteiger partial charge in [-0.2, -0.15) is 0 Å². The average Bonchev–Trinajstić information content (AvgIpc) is 2.17. The van der Waals surface area contributed by atoms with E-state index in [2.05, 4.69) is 19.6 Å². The Bertz CT molecular complexity index is 343. The highest BCUT2D eigenvalue weighted by Gasteiger charge is 2.17. The molecule has 0 radical (unpaired) electrons. The van der Waals surface area contributed by atoms with E-state index in [1.165, 1.54) is 0 Å². The normalized spacial score (nSPS) is 11.2. The van der Waals surface area contributed by atoms with Gasteiger partial charge in [0.2, 0.25) is 5.91 Å². The standard InChI is InChI=1S/C13H21NOSi/c1-12(15)14(10-11-16(2,3)4)13-8-6-5-7-9-13/h5-9H,10-11H2,1-4H3. The molecule has 2 nitrogen and oxygen atoms in total. The Kier molecular flexibility index (Phi) is 4.30. The molecule has 88 valence electrons. The minimum absolute atomic E-state index is 0.129. The average molecular weight is 235 g/mol. The third-order valence-electron chi connectivity index (χ3n) is 2.53. The fourth-order valence-corrected chi connectivity index (χ4v) is 2.42. The zero-order valence-corrected chi connectivity index (χ0v) is 11.7. The van der Waals surface area contributed by atoms with Crippen LogP contribution in [0.15, 0.2) is 30.3 Å². The Labute approximate surface area is 99.3 Å². The van der Waals surface area contributed by atoms with Gasteiger partial charge >= 0.3 is 0 Å². The van der Waals surface area contributed by atoms with Gasteiger partial charge in [0.25, 0.3) is 0 Å². The Hall–Kier alpha value is -1.09. The highest BCUT2D eigenvalue weighted by atomic mass is 28.3. The van der Waals surface area contributed by atoms with Crippen LogP contribution in [0.3, 0.4) is 0 Å². The maximum Gasteiger partial charge on any atom is 0.223 e. The maximum atomic E-state index is 11.6. The van der Waals surface area contributed by atoms with Gasteiger partial charge in [-0.3, -0.25) is 4.79 Å². The first-order valence-electron chi connectivity index (χ1n) is 5.73. The topological polar surface area (TPSA) is 20.3 Å². The van der Waals surface area contributed by atoms with E-state index in [9.17, 15) is 4.79 Å². The molecule has 0 fully saturated rings. The van der Waals surface area contributed by atoms with Crippen LogP contribution < -0.4 is 4.90 Å². The van der Waals surface area contributed by atoms with E-state index in [0.717, 1.165) is 18.3 Å². The Morgan fingerprint density at radius 3 is 2.19 bits per heavy atom. The van der Waals surface area contributed by atoms with E-state index in [1.54, 1.807) is 6.92 Å². The fraction of sp³-hybridized carbons (Fsp3) is 0.462. The van der Waals surface area contributed by atoms with E-state index in [0.29, 0.717) is 0 Å². The summed E-state index contributed by atoms with van der Waals surface area (Å²) in [6, 6.07) is 11.0. The molecule has 0 unspecified atom stereocenters. The molecule has 0 N–H and O–H groups in total. The molecule has 0 bridgehead atoms. The van der Waals surface area contributed by atoms with E-state index < -0.39 is 8.07 Å². The van der Waals surface area contributed by atoms with E-state index in [4.69, 9.17) is 0 Å². The Balaban J connectivity index is 2.74. The summed E-state index contributed by atoms with van der Waals surface area (Å²) in [4.78, 5) is 13.5. The minimum atomic E-state index is -1.09. The van der Waals surface area contributed by atoms with Crippen molar-refractivity contribution in [3.63, 3.8) is 0 Å². The zero-order chi connectivity index (χ0) is 12.2. The van der Waals surface area contributed by atoms with Crippen molar-refractivity contribution in [1.29, 1.82) is 0 Å². The lowest BCUT2D eigenvalue weighted by Crippen LogP contribution is -2.34. The summed E-state index contributed by atoms with van der Waals surface area (Å²) in [6.45, 7) is 9.47. The number of hydrogen-bond acceptors (Lipinski definition) is 1. The third-order valence-corrected chi connectivity index (χ3v) is 4.26. The van der Waals surface area contributed by atoms with Gasteiger partial charge in [-0.25, -0.2) is 0 Å². The number of carbonyl (C=O) groups is 1. The summed E-state index contributed by atoms with van der Waals surface area (Å²) >= 11 is 0. The first-order chi connectivity index (χ1) is 7.40. The van der Waals surface area contributed by atoms with Gasteiger partial charge in [-0.1, -0.05) is 37.8 Å². The molecule has 0 aliphatic carbocycles. The second-order valence-electron chi connectivity index (χ2n) is 5.32. The lowest BCUT2D eigenvalue weighted by molar-refractivity contribution is -0.116. The Morgan fingerprint density at radius 2 is 1.75 bits per heavy atom. The van der Waals surface area contributed by atoms with Gasteiger partial charge in [0.05, 0.1) is 0 Å². The van der Waals surface area contributed by atoms with Crippen LogP contribution in [-0.4, -0.2) is 20.5 Å². The summed E-state index contributed by atoms with van der Waals surface area (Å²) < 4.78 is 0. The third kappa shape index (κ3) is 4.19. The number of carbonyl (C=O) groups excluding carboxylic acids is 1. The predicted octanol–water partition coefficient (Wildman–Crippen LogP) is 3.38. The van der Waals surface area contributed by atoms with Gasteiger partial charge in [0.1, 0.15) is 0 Å². The number of nitrogens with zero attached hydrogens (tertiary/aromatic N) is 1. The molecule has 0 saturated heterocycles. The minimum Gasteiger partial charge on any atom is -0.313 e. The zero-order valence-electron chi connectivity index (χ0n) is 10.7. The van der Waals surface area contributed by atoms with Crippen molar-refractivity contribution >= 4 is 19.7 Å². The lowest BCUT2D eigenvalue weighted by Gasteiger charge is -2.25. The number of rotatable bonds is 4. The monoisotopic (exact) mass is 235 g/mol. The van der Waals surface area contributed by atoms with Crippen molar-refractivity contribution in [3.05, 3.63) is 30.3 Å². The lowest BCUT2D eigenvalue weighted by atomic mass is 10.3. The van der Waals surface area contributed by atoms with Crippen LogP contribution in [0.4, 0.5) is 5.69 Å². The van der Waals surface area contributed by atoms with Gasteiger partial charge in [0.15, 0.2) is 0 Å². The maximum absolute atomic E-state index is 11.6. The number of hydrogen-bond donors (Lipinski definition) is 0. The second kappa shape index (κ2) is 5.30. The van der Waals surface area contributed by atoms with E-state index in [-0.39, 0.29) is 5.91 Å². The van der Waals surface area contributed by atoms with Crippen LogP contribution in [0, 0.1) is 0 Å². The smallest absolute Gasteiger partial charge is 0.223 e. The molecular formula is C13H21NOSi. The molecule has 0 aliphatic rings. The van der Waals surface area contributed by atoms with Crippen molar-refractivity contribution in [2.24, 2.45) is 0 Å². The van der Waals surface area contributed by atoms with Gasteiger partial charge in [0, 0.05) is 27.2 Å². The van der Waals surface area contributed by atoms with Crippen molar-refractivity contribution in [2.75, 3.05) is 11.4 Å². The molecule has 1 amide bonds. The van der Waals surface area contributed by atoms with Crippen molar-refractivity contribution in [3.8, 4) is 0 Å². The molecule has 1 rings (SSSR count). The van der Waals surface area contributed by atoms with Gasteiger partial charge in [-0.05, 0) is 18.2 Å². The fourth-order valence-electron chi connectivity index (χ4n) is 1.52. The molecule has 1 aromatic carbocycles. The molecule has 0 atom stereocenters. The van der Waals surface area contributed by atoms with Crippen LogP contribution in [0.5, 0.6) is 0 Å². The first-order valence-corrected chi connectivity index (χ1v) is 9.44. The van der Waals surface area contributed by atoms with Gasteiger partial charge in [-0.15, -0.1) is 0 Å². The SMILES string of the molecule is CC(=O)N(CC[Si](C)(C)C)c1ccccc1. The van der Waals surface area contributed by atoms with Crippen LogP contribution in [0.25, 0.3) is 0 Å². The number of benzene rings is 1. The quantitative estimate of drug-likeness (QED) is 0.733.